The Hall–Kier alpha value is -0.830. The van der Waals surface area contributed by atoms with Gasteiger partial charge in [0.2, 0.25) is 0 Å². The second kappa shape index (κ2) is 6.37. The quantitative estimate of drug-likeness (QED) is 0.737. The van der Waals surface area contributed by atoms with Gasteiger partial charge in [0.15, 0.2) is 5.78 Å². The van der Waals surface area contributed by atoms with Crippen molar-refractivity contribution in [3.8, 4) is 5.75 Å². The van der Waals surface area contributed by atoms with Gasteiger partial charge in [-0.25, -0.2) is 0 Å². The first kappa shape index (κ1) is 15.2. The number of carbonyl (C=O) groups is 1. The molecular formula is C15H21BrO2. The number of aryl methyl sites for hydroxylation is 1. The molecule has 0 aliphatic heterocycles. The van der Waals surface area contributed by atoms with Gasteiger partial charge in [-0.2, -0.15) is 0 Å². The molecule has 0 aliphatic carbocycles. The molecule has 1 atom stereocenters. The van der Waals surface area contributed by atoms with Crippen molar-refractivity contribution in [3.63, 3.8) is 0 Å². The zero-order chi connectivity index (χ0) is 13.9. The Bertz CT molecular complexity index is 452. The minimum atomic E-state index is 0.170. The molecule has 3 heteroatoms. The molecule has 100 valence electrons. The van der Waals surface area contributed by atoms with Crippen LogP contribution in [0.25, 0.3) is 0 Å². The van der Waals surface area contributed by atoms with Gasteiger partial charge in [0.05, 0.1) is 12.7 Å². The topological polar surface area (TPSA) is 26.3 Å². The van der Waals surface area contributed by atoms with E-state index in [0.717, 1.165) is 27.6 Å². The number of carbonyl (C=O) groups excluding carboxylic acids is 1. The number of halogens is 1. The Labute approximate surface area is 118 Å². The summed E-state index contributed by atoms with van der Waals surface area (Å²) in [7, 11) is 1.62. The lowest BCUT2D eigenvalue weighted by Crippen LogP contribution is -2.10. The minimum Gasteiger partial charge on any atom is -0.496 e. The number of methoxy groups -OCH3 is 1. The molecule has 18 heavy (non-hydrogen) atoms. The number of rotatable bonds is 5. The second-order valence-corrected chi connectivity index (χ2v) is 5.70. The van der Waals surface area contributed by atoms with Crippen LogP contribution in [0.2, 0.25) is 0 Å². The highest BCUT2D eigenvalue weighted by Gasteiger charge is 2.20. The molecule has 1 rings (SSSR count). The highest BCUT2D eigenvalue weighted by atomic mass is 79.9. The fourth-order valence-electron chi connectivity index (χ4n) is 2.01. The van der Waals surface area contributed by atoms with Crippen LogP contribution in [0.15, 0.2) is 10.5 Å². The lowest BCUT2D eigenvalue weighted by atomic mass is 9.93. The highest BCUT2D eigenvalue weighted by molar-refractivity contribution is 9.10. The van der Waals surface area contributed by atoms with Crippen molar-refractivity contribution in [1.29, 1.82) is 0 Å². The molecule has 2 nitrogen and oxygen atoms in total. The van der Waals surface area contributed by atoms with Gasteiger partial charge in [0.25, 0.3) is 0 Å². The number of ketones is 1. The third kappa shape index (κ3) is 3.14. The van der Waals surface area contributed by atoms with E-state index in [4.69, 9.17) is 4.74 Å². The molecule has 0 aliphatic rings. The van der Waals surface area contributed by atoms with E-state index in [1.54, 1.807) is 7.11 Å². The van der Waals surface area contributed by atoms with Crippen LogP contribution < -0.4 is 4.74 Å². The van der Waals surface area contributed by atoms with Crippen LogP contribution in [0, 0.1) is 19.8 Å². The first-order valence-electron chi connectivity index (χ1n) is 6.29. The van der Waals surface area contributed by atoms with Crippen LogP contribution in [-0.4, -0.2) is 12.9 Å². The van der Waals surface area contributed by atoms with E-state index in [2.05, 4.69) is 29.8 Å². The standard InChI is InChI=1S/C15H21BrO2/c1-6-9(2)7-13(17)14-11(4)12(16)8-10(3)15(14)18-5/h8-9H,6-7H2,1-5H3. The number of hydrogen-bond acceptors (Lipinski definition) is 2. The van der Waals surface area contributed by atoms with Gasteiger partial charge in [0, 0.05) is 10.9 Å². The summed E-state index contributed by atoms with van der Waals surface area (Å²) in [5.74, 6) is 1.29. The zero-order valence-electron chi connectivity index (χ0n) is 11.8. The maximum absolute atomic E-state index is 12.4. The third-order valence-corrected chi connectivity index (χ3v) is 4.20. The van der Waals surface area contributed by atoms with Gasteiger partial charge < -0.3 is 4.74 Å². The van der Waals surface area contributed by atoms with Crippen molar-refractivity contribution in [2.45, 2.75) is 40.5 Å². The highest BCUT2D eigenvalue weighted by Crippen LogP contribution is 2.33. The van der Waals surface area contributed by atoms with Gasteiger partial charge in [-0.1, -0.05) is 36.2 Å². The molecule has 1 unspecified atom stereocenters. The van der Waals surface area contributed by atoms with Gasteiger partial charge in [-0.3, -0.25) is 4.79 Å². The summed E-state index contributed by atoms with van der Waals surface area (Å²) in [6.07, 6.45) is 1.59. The number of hydrogen-bond donors (Lipinski definition) is 0. The second-order valence-electron chi connectivity index (χ2n) is 4.85. The SMILES string of the molecule is CCC(C)CC(=O)c1c(C)c(Br)cc(C)c1OC. The molecule has 0 saturated heterocycles. The summed E-state index contributed by atoms with van der Waals surface area (Å²) in [6, 6.07) is 1.99. The number of benzene rings is 1. The fraction of sp³-hybridized carbons (Fsp3) is 0.533. The van der Waals surface area contributed by atoms with E-state index in [1.165, 1.54) is 0 Å². The summed E-state index contributed by atoms with van der Waals surface area (Å²) >= 11 is 3.50. The van der Waals surface area contributed by atoms with Crippen molar-refractivity contribution < 1.29 is 9.53 Å². The van der Waals surface area contributed by atoms with Crippen LogP contribution in [0.4, 0.5) is 0 Å². The van der Waals surface area contributed by atoms with Crippen LogP contribution in [0.1, 0.15) is 48.2 Å². The van der Waals surface area contributed by atoms with Crippen molar-refractivity contribution in [1.82, 2.24) is 0 Å². The largest absolute Gasteiger partial charge is 0.496 e. The lowest BCUT2D eigenvalue weighted by molar-refractivity contribution is 0.0960. The molecule has 1 aromatic rings. The summed E-state index contributed by atoms with van der Waals surface area (Å²) in [6.45, 7) is 8.12. The van der Waals surface area contributed by atoms with Gasteiger partial charge in [0.1, 0.15) is 5.75 Å². The van der Waals surface area contributed by atoms with E-state index in [9.17, 15) is 4.79 Å². The van der Waals surface area contributed by atoms with E-state index >= 15 is 0 Å². The molecule has 0 bridgehead atoms. The first-order chi connectivity index (χ1) is 8.42. The number of ether oxygens (including phenoxy) is 1. The molecule has 1 aromatic carbocycles. The molecule has 0 saturated carbocycles. The zero-order valence-corrected chi connectivity index (χ0v) is 13.3. The van der Waals surface area contributed by atoms with Crippen LogP contribution in [0.3, 0.4) is 0 Å². The molecule has 0 N–H and O–H groups in total. The van der Waals surface area contributed by atoms with E-state index in [1.807, 2.05) is 19.9 Å². The first-order valence-corrected chi connectivity index (χ1v) is 7.08. The molecular weight excluding hydrogens is 292 g/mol. The maximum atomic E-state index is 12.4. The van der Waals surface area contributed by atoms with Crippen molar-refractivity contribution in [2.75, 3.05) is 7.11 Å². The molecule has 0 heterocycles. The number of Topliss-reactive ketones (excluding diaryl/α,β-unsaturated/α-hetero) is 1. The third-order valence-electron chi connectivity index (χ3n) is 3.38. The Kier molecular flexibility index (Phi) is 5.39. The normalized spacial score (nSPS) is 12.3. The predicted octanol–water partition coefficient (Wildman–Crippen LogP) is 4.69. The van der Waals surface area contributed by atoms with Gasteiger partial charge in [-0.15, -0.1) is 0 Å². The van der Waals surface area contributed by atoms with Crippen LogP contribution in [0.5, 0.6) is 5.75 Å². The Morgan fingerprint density at radius 2 is 2.06 bits per heavy atom. The summed E-state index contributed by atoms with van der Waals surface area (Å²) in [4.78, 5) is 12.4. The summed E-state index contributed by atoms with van der Waals surface area (Å²) in [5.41, 5.74) is 2.68. The Balaban J connectivity index is 3.25. The molecule has 0 fully saturated rings. The van der Waals surface area contributed by atoms with Crippen molar-refractivity contribution in [2.24, 2.45) is 5.92 Å². The summed E-state index contributed by atoms with van der Waals surface area (Å²) < 4.78 is 6.37. The molecule has 0 spiro atoms. The van der Waals surface area contributed by atoms with Gasteiger partial charge >= 0.3 is 0 Å². The van der Waals surface area contributed by atoms with Crippen molar-refractivity contribution in [3.05, 3.63) is 27.2 Å². The molecule has 0 aromatic heterocycles. The minimum absolute atomic E-state index is 0.170. The summed E-state index contributed by atoms with van der Waals surface area (Å²) in [5, 5.41) is 0. The maximum Gasteiger partial charge on any atom is 0.167 e. The van der Waals surface area contributed by atoms with E-state index in [0.29, 0.717) is 18.1 Å². The van der Waals surface area contributed by atoms with Crippen LogP contribution >= 0.6 is 15.9 Å². The Morgan fingerprint density at radius 3 is 2.56 bits per heavy atom. The predicted molar refractivity (Wildman–Crippen MR) is 78.6 cm³/mol. The smallest absolute Gasteiger partial charge is 0.167 e. The monoisotopic (exact) mass is 312 g/mol. The fourth-order valence-corrected chi connectivity index (χ4v) is 2.55. The van der Waals surface area contributed by atoms with Crippen LogP contribution in [-0.2, 0) is 0 Å². The van der Waals surface area contributed by atoms with Gasteiger partial charge in [-0.05, 0) is 37.0 Å². The van der Waals surface area contributed by atoms with Crippen molar-refractivity contribution >= 4 is 21.7 Å². The Morgan fingerprint density at radius 1 is 1.44 bits per heavy atom. The van der Waals surface area contributed by atoms with E-state index < -0.39 is 0 Å². The average Bonchev–Trinajstić information content (AvgIpc) is 2.32. The van der Waals surface area contributed by atoms with E-state index in [-0.39, 0.29) is 5.78 Å². The molecule has 0 radical (unpaired) electrons. The molecule has 0 amide bonds. The average molecular weight is 313 g/mol. The lowest BCUT2D eigenvalue weighted by Gasteiger charge is -2.16.